The van der Waals surface area contributed by atoms with E-state index in [9.17, 15) is 9.59 Å². The number of hydrogen-bond acceptors (Lipinski definition) is 4. The molecule has 21 heavy (non-hydrogen) atoms. The molecular formula is C15H21ClN2O3. The summed E-state index contributed by atoms with van der Waals surface area (Å²) in [5.41, 5.74) is 1.10. The van der Waals surface area contributed by atoms with E-state index in [4.69, 9.17) is 4.74 Å². The minimum atomic E-state index is -0.466. The van der Waals surface area contributed by atoms with Gasteiger partial charge in [-0.3, -0.25) is 9.59 Å². The van der Waals surface area contributed by atoms with Crippen LogP contribution < -0.4 is 5.32 Å². The molecule has 116 valence electrons. The van der Waals surface area contributed by atoms with Crippen LogP contribution in [0.2, 0.25) is 0 Å². The summed E-state index contributed by atoms with van der Waals surface area (Å²) in [7, 11) is 0. The highest BCUT2D eigenvalue weighted by molar-refractivity contribution is 5.87. The average Bonchev–Trinajstić information content (AvgIpc) is 2.45. The Balaban J connectivity index is 0.00000220. The highest BCUT2D eigenvalue weighted by atomic mass is 35.5. The largest absolute Gasteiger partial charge is 0.466 e. The second kappa shape index (κ2) is 8.64. The summed E-state index contributed by atoms with van der Waals surface area (Å²) < 4.78 is 4.90. The minimum absolute atomic E-state index is 0. The Kier molecular flexibility index (Phi) is 7.19. The van der Waals surface area contributed by atoms with E-state index in [0.717, 1.165) is 5.56 Å². The molecule has 1 atom stereocenters. The van der Waals surface area contributed by atoms with Gasteiger partial charge in [0, 0.05) is 19.6 Å². The van der Waals surface area contributed by atoms with Gasteiger partial charge in [-0.25, -0.2) is 0 Å². The van der Waals surface area contributed by atoms with Crippen LogP contribution in [0.15, 0.2) is 30.3 Å². The standard InChI is InChI=1S/C15H20N2O3.ClH/c1-2-20-14(18)10-13-15(19)17(9-8-16-13)11-12-6-4-3-5-7-12;/h3-7,13,16H,2,8-11H2,1H3;1H. The third-order valence-electron chi connectivity index (χ3n) is 3.27. The van der Waals surface area contributed by atoms with Gasteiger partial charge in [-0.1, -0.05) is 30.3 Å². The average molecular weight is 313 g/mol. The van der Waals surface area contributed by atoms with Crippen molar-refractivity contribution in [1.82, 2.24) is 10.2 Å². The van der Waals surface area contributed by atoms with Gasteiger partial charge in [0.2, 0.25) is 5.91 Å². The van der Waals surface area contributed by atoms with Crippen LogP contribution in [0, 0.1) is 0 Å². The second-order valence-electron chi connectivity index (χ2n) is 4.76. The zero-order valence-corrected chi connectivity index (χ0v) is 12.9. The number of carbonyl (C=O) groups is 2. The van der Waals surface area contributed by atoms with E-state index in [1.54, 1.807) is 11.8 Å². The van der Waals surface area contributed by atoms with E-state index < -0.39 is 6.04 Å². The van der Waals surface area contributed by atoms with Crippen molar-refractivity contribution in [3.63, 3.8) is 0 Å². The maximum atomic E-state index is 12.3. The first-order chi connectivity index (χ1) is 9.70. The number of halogens is 1. The number of piperazine rings is 1. The number of esters is 1. The number of nitrogens with one attached hydrogen (secondary N) is 1. The summed E-state index contributed by atoms with van der Waals surface area (Å²) in [6.07, 6.45) is 0.0952. The Labute approximate surface area is 131 Å². The molecule has 0 saturated carbocycles. The third kappa shape index (κ3) is 5.02. The molecule has 6 heteroatoms. The molecule has 1 aliphatic rings. The van der Waals surface area contributed by atoms with E-state index in [1.165, 1.54) is 0 Å². The Bertz CT molecular complexity index is 467. The lowest BCUT2D eigenvalue weighted by Gasteiger charge is -2.32. The molecule has 0 radical (unpaired) electrons. The first-order valence-electron chi connectivity index (χ1n) is 6.92. The molecule has 0 bridgehead atoms. The highest BCUT2D eigenvalue weighted by Crippen LogP contribution is 2.11. The molecule has 0 aromatic heterocycles. The van der Waals surface area contributed by atoms with Crippen LogP contribution in [0.25, 0.3) is 0 Å². The number of nitrogens with zero attached hydrogens (tertiary/aromatic N) is 1. The van der Waals surface area contributed by atoms with E-state index in [-0.39, 0.29) is 30.7 Å². The molecule has 1 unspecified atom stereocenters. The maximum Gasteiger partial charge on any atom is 0.307 e. The summed E-state index contributed by atoms with van der Waals surface area (Å²) in [5.74, 6) is -0.368. The maximum absolute atomic E-state index is 12.3. The Hall–Kier alpha value is -1.59. The molecule has 0 aliphatic carbocycles. The molecule has 1 fully saturated rings. The predicted molar refractivity (Wildman–Crippen MR) is 82.1 cm³/mol. The molecule has 1 aromatic rings. The van der Waals surface area contributed by atoms with Crippen LogP contribution in [-0.2, 0) is 20.9 Å². The van der Waals surface area contributed by atoms with Gasteiger partial charge in [0.15, 0.2) is 0 Å². The van der Waals surface area contributed by atoms with Gasteiger partial charge in [0.25, 0.3) is 0 Å². The van der Waals surface area contributed by atoms with Crippen molar-refractivity contribution >= 4 is 24.3 Å². The number of benzene rings is 1. The van der Waals surface area contributed by atoms with Gasteiger partial charge in [-0.15, -0.1) is 12.4 Å². The number of carbonyl (C=O) groups excluding carboxylic acids is 2. The smallest absolute Gasteiger partial charge is 0.307 e. The van der Waals surface area contributed by atoms with Gasteiger partial charge in [0.05, 0.1) is 19.1 Å². The molecule has 1 saturated heterocycles. The van der Waals surface area contributed by atoms with E-state index in [0.29, 0.717) is 26.2 Å². The van der Waals surface area contributed by atoms with Gasteiger partial charge in [-0.2, -0.15) is 0 Å². The molecular weight excluding hydrogens is 292 g/mol. The lowest BCUT2D eigenvalue weighted by Crippen LogP contribution is -2.55. The first kappa shape index (κ1) is 17.5. The molecule has 1 amide bonds. The van der Waals surface area contributed by atoms with Crippen molar-refractivity contribution in [3.05, 3.63) is 35.9 Å². The van der Waals surface area contributed by atoms with Crippen LogP contribution in [0.4, 0.5) is 0 Å². The summed E-state index contributed by atoms with van der Waals surface area (Å²) >= 11 is 0. The van der Waals surface area contributed by atoms with Crippen LogP contribution in [0.3, 0.4) is 0 Å². The normalized spacial score (nSPS) is 18.0. The molecule has 1 aromatic carbocycles. The Morgan fingerprint density at radius 2 is 2.10 bits per heavy atom. The number of rotatable bonds is 5. The van der Waals surface area contributed by atoms with Crippen LogP contribution in [-0.4, -0.2) is 42.5 Å². The molecule has 1 heterocycles. The van der Waals surface area contributed by atoms with Gasteiger partial charge in [-0.05, 0) is 12.5 Å². The SMILES string of the molecule is CCOC(=O)CC1NCCN(Cc2ccccc2)C1=O.Cl. The third-order valence-corrected chi connectivity index (χ3v) is 3.27. The first-order valence-corrected chi connectivity index (χ1v) is 6.92. The van der Waals surface area contributed by atoms with E-state index >= 15 is 0 Å². The van der Waals surface area contributed by atoms with Crippen LogP contribution in [0.1, 0.15) is 18.9 Å². The quantitative estimate of drug-likeness (QED) is 0.834. The Morgan fingerprint density at radius 3 is 2.76 bits per heavy atom. The number of ether oxygens (including phenoxy) is 1. The fourth-order valence-electron chi connectivity index (χ4n) is 2.30. The van der Waals surface area contributed by atoms with Crippen molar-refractivity contribution in [3.8, 4) is 0 Å². The van der Waals surface area contributed by atoms with Crippen molar-refractivity contribution in [1.29, 1.82) is 0 Å². The van der Waals surface area contributed by atoms with Crippen LogP contribution in [0.5, 0.6) is 0 Å². The fraction of sp³-hybridized carbons (Fsp3) is 0.467. The second-order valence-corrected chi connectivity index (χ2v) is 4.76. The molecule has 2 rings (SSSR count). The molecule has 1 aliphatic heterocycles. The van der Waals surface area contributed by atoms with E-state index in [2.05, 4.69) is 5.32 Å². The molecule has 1 N–H and O–H groups in total. The number of amides is 1. The van der Waals surface area contributed by atoms with Crippen molar-refractivity contribution in [2.75, 3.05) is 19.7 Å². The summed E-state index contributed by atoms with van der Waals surface area (Å²) in [5, 5.41) is 3.08. The highest BCUT2D eigenvalue weighted by Gasteiger charge is 2.30. The number of hydrogen-bond donors (Lipinski definition) is 1. The van der Waals surface area contributed by atoms with Crippen LogP contribution >= 0.6 is 12.4 Å². The monoisotopic (exact) mass is 312 g/mol. The summed E-state index contributed by atoms with van der Waals surface area (Å²) in [6, 6.07) is 9.39. The van der Waals surface area contributed by atoms with Gasteiger partial charge >= 0.3 is 5.97 Å². The minimum Gasteiger partial charge on any atom is -0.466 e. The molecule has 5 nitrogen and oxygen atoms in total. The zero-order valence-electron chi connectivity index (χ0n) is 12.1. The van der Waals surface area contributed by atoms with Crippen molar-refractivity contribution < 1.29 is 14.3 Å². The molecule has 0 spiro atoms. The predicted octanol–water partition coefficient (Wildman–Crippen LogP) is 1.36. The van der Waals surface area contributed by atoms with Gasteiger partial charge in [0.1, 0.15) is 0 Å². The van der Waals surface area contributed by atoms with Crippen molar-refractivity contribution in [2.45, 2.75) is 25.9 Å². The lowest BCUT2D eigenvalue weighted by atomic mass is 10.1. The topological polar surface area (TPSA) is 58.6 Å². The zero-order chi connectivity index (χ0) is 14.4. The summed E-state index contributed by atoms with van der Waals surface area (Å²) in [6.45, 7) is 4.04. The van der Waals surface area contributed by atoms with Gasteiger partial charge < -0.3 is 15.0 Å². The van der Waals surface area contributed by atoms with E-state index in [1.807, 2.05) is 30.3 Å². The summed E-state index contributed by atoms with van der Waals surface area (Å²) in [4.78, 5) is 25.6. The lowest BCUT2D eigenvalue weighted by molar-refractivity contribution is -0.148. The Morgan fingerprint density at radius 1 is 1.38 bits per heavy atom. The van der Waals surface area contributed by atoms with Crippen molar-refractivity contribution in [2.24, 2.45) is 0 Å². The fourth-order valence-corrected chi connectivity index (χ4v) is 2.30.